The monoisotopic (exact) mass is 217 g/mol. The smallest absolute Gasteiger partial charge is 0.329 e. The van der Waals surface area contributed by atoms with Gasteiger partial charge in [-0.2, -0.15) is 12.6 Å². The summed E-state index contributed by atoms with van der Waals surface area (Å²) in [5.41, 5.74) is 0. The van der Waals surface area contributed by atoms with Crippen molar-refractivity contribution in [2.75, 3.05) is 13.2 Å². The molecule has 1 fully saturated rings. The van der Waals surface area contributed by atoms with E-state index in [1.165, 1.54) is 11.8 Å². The van der Waals surface area contributed by atoms with Gasteiger partial charge >= 0.3 is 5.97 Å². The van der Waals surface area contributed by atoms with Crippen LogP contribution in [0.5, 0.6) is 0 Å². The highest BCUT2D eigenvalue weighted by Gasteiger charge is 2.39. The van der Waals surface area contributed by atoms with Gasteiger partial charge in [0, 0.05) is 18.7 Å². The molecule has 0 saturated carbocycles. The molecule has 1 aliphatic heterocycles. The largest absolute Gasteiger partial charge is 0.464 e. The molecule has 5 heteroatoms. The molecule has 1 rings (SSSR count). The minimum atomic E-state index is -0.504. The SMILES string of the molecule is CCOC(=O)[C@@H]1[C@H](S)CCN1C(C)=O. The first kappa shape index (κ1) is 11.4. The third kappa shape index (κ3) is 2.20. The van der Waals surface area contributed by atoms with E-state index in [9.17, 15) is 9.59 Å². The van der Waals surface area contributed by atoms with Gasteiger partial charge < -0.3 is 9.64 Å². The van der Waals surface area contributed by atoms with Gasteiger partial charge in [0.25, 0.3) is 0 Å². The van der Waals surface area contributed by atoms with Crippen molar-refractivity contribution in [3.63, 3.8) is 0 Å². The third-order valence-corrected chi connectivity index (χ3v) is 2.84. The van der Waals surface area contributed by atoms with Gasteiger partial charge in [-0.15, -0.1) is 0 Å². The van der Waals surface area contributed by atoms with Crippen molar-refractivity contribution in [1.82, 2.24) is 4.90 Å². The highest BCUT2D eigenvalue weighted by molar-refractivity contribution is 7.81. The molecule has 0 aromatic carbocycles. The van der Waals surface area contributed by atoms with Crippen molar-refractivity contribution >= 4 is 24.5 Å². The van der Waals surface area contributed by atoms with Gasteiger partial charge in [-0.05, 0) is 13.3 Å². The first-order chi connectivity index (χ1) is 6.57. The van der Waals surface area contributed by atoms with Gasteiger partial charge in [-0.3, -0.25) is 4.79 Å². The van der Waals surface area contributed by atoms with E-state index < -0.39 is 6.04 Å². The summed E-state index contributed by atoms with van der Waals surface area (Å²) < 4.78 is 4.89. The van der Waals surface area contributed by atoms with E-state index in [0.29, 0.717) is 13.2 Å². The molecule has 0 aliphatic carbocycles. The molecule has 2 atom stereocenters. The molecule has 4 nitrogen and oxygen atoms in total. The molecule has 80 valence electrons. The van der Waals surface area contributed by atoms with Crippen LogP contribution in [-0.4, -0.2) is 41.2 Å². The van der Waals surface area contributed by atoms with Crippen LogP contribution in [0.2, 0.25) is 0 Å². The van der Waals surface area contributed by atoms with Gasteiger partial charge in [0.05, 0.1) is 6.61 Å². The van der Waals surface area contributed by atoms with Crippen molar-refractivity contribution in [3.8, 4) is 0 Å². The number of hydrogen-bond acceptors (Lipinski definition) is 4. The van der Waals surface area contributed by atoms with Crippen LogP contribution in [0.3, 0.4) is 0 Å². The standard InChI is InChI=1S/C9H15NO3S/c1-3-13-9(12)8-7(14)4-5-10(8)6(2)11/h7-8,14H,3-5H2,1-2H3/t7-,8+/m1/s1. The Balaban J connectivity index is 2.71. The summed E-state index contributed by atoms with van der Waals surface area (Å²) in [6, 6.07) is -0.504. The fourth-order valence-corrected chi connectivity index (χ4v) is 2.04. The van der Waals surface area contributed by atoms with Crippen molar-refractivity contribution in [3.05, 3.63) is 0 Å². The Morgan fingerprint density at radius 1 is 1.57 bits per heavy atom. The molecule has 1 heterocycles. The predicted molar refractivity (Wildman–Crippen MR) is 55.2 cm³/mol. The van der Waals surface area contributed by atoms with Crippen molar-refractivity contribution < 1.29 is 14.3 Å². The minimum absolute atomic E-state index is 0.0976. The number of amides is 1. The van der Waals surface area contributed by atoms with E-state index in [1.807, 2.05) is 0 Å². The zero-order valence-electron chi connectivity index (χ0n) is 8.40. The average Bonchev–Trinajstić information content (AvgIpc) is 2.47. The maximum absolute atomic E-state index is 11.5. The Morgan fingerprint density at radius 2 is 2.21 bits per heavy atom. The van der Waals surface area contributed by atoms with Crippen LogP contribution in [0.4, 0.5) is 0 Å². The lowest BCUT2D eigenvalue weighted by molar-refractivity contribution is -0.152. The first-order valence-corrected chi connectivity index (χ1v) is 5.21. The lowest BCUT2D eigenvalue weighted by atomic mass is 10.2. The number of thiol groups is 1. The molecule has 1 saturated heterocycles. The number of carbonyl (C=O) groups excluding carboxylic acids is 2. The van der Waals surface area contributed by atoms with Gasteiger partial charge in [-0.25, -0.2) is 4.79 Å². The highest BCUT2D eigenvalue weighted by Crippen LogP contribution is 2.23. The molecule has 14 heavy (non-hydrogen) atoms. The van der Waals surface area contributed by atoms with E-state index in [4.69, 9.17) is 4.74 Å². The Bertz CT molecular complexity index is 244. The second kappa shape index (κ2) is 4.68. The zero-order valence-corrected chi connectivity index (χ0v) is 9.29. The average molecular weight is 217 g/mol. The van der Waals surface area contributed by atoms with E-state index >= 15 is 0 Å². The van der Waals surface area contributed by atoms with E-state index in [0.717, 1.165) is 6.42 Å². The minimum Gasteiger partial charge on any atom is -0.464 e. The summed E-state index contributed by atoms with van der Waals surface area (Å²) in [7, 11) is 0. The molecule has 0 radical (unpaired) electrons. The fraction of sp³-hybridized carbons (Fsp3) is 0.778. The maximum Gasteiger partial charge on any atom is 0.329 e. The first-order valence-electron chi connectivity index (χ1n) is 4.69. The lowest BCUT2D eigenvalue weighted by Gasteiger charge is -2.23. The number of nitrogens with zero attached hydrogens (tertiary/aromatic N) is 1. The molecular weight excluding hydrogens is 202 g/mol. The normalized spacial score (nSPS) is 26.4. The summed E-state index contributed by atoms with van der Waals surface area (Å²) in [6.45, 7) is 4.13. The highest BCUT2D eigenvalue weighted by atomic mass is 32.1. The van der Waals surface area contributed by atoms with Crippen LogP contribution in [0.15, 0.2) is 0 Å². The number of rotatable bonds is 2. The number of ether oxygens (including phenoxy) is 1. The molecular formula is C9H15NO3S. The van der Waals surface area contributed by atoms with E-state index in [1.54, 1.807) is 6.92 Å². The van der Waals surface area contributed by atoms with Crippen LogP contribution >= 0.6 is 12.6 Å². The van der Waals surface area contributed by atoms with Crippen LogP contribution < -0.4 is 0 Å². The fourth-order valence-electron chi connectivity index (χ4n) is 1.64. The predicted octanol–water partition coefficient (Wildman–Crippen LogP) is 0.469. The number of esters is 1. The second-order valence-corrected chi connectivity index (χ2v) is 3.93. The van der Waals surface area contributed by atoms with Crippen LogP contribution in [0, 0.1) is 0 Å². The van der Waals surface area contributed by atoms with Gasteiger partial charge in [0.2, 0.25) is 5.91 Å². The van der Waals surface area contributed by atoms with Crippen molar-refractivity contribution in [1.29, 1.82) is 0 Å². The lowest BCUT2D eigenvalue weighted by Crippen LogP contribution is -2.43. The summed E-state index contributed by atoms with van der Waals surface area (Å²) in [5.74, 6) is -0.445. The zero-order chi connectivity index (χ0) is 10.7. The van der Waals surface area contributed by atoms with Crippen LogP contribution in [0.25, 0.3) is 0 Å². The quantitative estimate of drug-likeness (QED) is 0.540. The molecule has 1 aliphatic rings. The number of hydrogen-bond donors (Lipinski definition) is 1. The van der Waals surface area contributed by atoms with Gasteiger partial charge in [0.1, 0.15) is 6.04 Å². The molecule has 0 spiro atoms. The second-order valence-electron chi connectivity index (χ2n) is 3.27. The Hall–Kier alpha value is -0.710. The summed E-state index contributed by atoms with van der Waals surface area (Å²) in [6.07, 6.45) is 0.742. The summed E-state index contributed by atoms with van der Waals surface area (Å²) in [4.78, 5) is 24.2. The number of carbonyl (C=O) groups is 2. The molecule has 1 amide bonds. The summed E-state index contributed by atoms with van der Waals surface area (Å²) >= 11 is 4.28. The van der Waals surface area contributed by atoms with Crippen molar-refractivity contribution in [2.24, 2.45) is 0 Å². The van der Waals surface area contributed by atoms with Gasteiger partial charge in [0.15, 0.2) is 0 Å². The molecule has 0 aromatic rings. The van der Waals surface area contributed by atoms with Gasteiger partial charge in [-0.1, -0.05) is 0 Å². The molecule has 0 unspecified atom stereocenters. The molecule has 0 aromatic heterocycles. The maximum atomic E-state index is 11.5. The van der Waals surface area contributed by atoms with E-state index in [2.05, 4.69) is 12.6 Å². The van der Waals surface area contributed by atoms with Crippen molar-refractivity contribution in [2.45, 2.75) is 31.6 Å². The topological polar surface area (TPSA) is 46.6 Å². The van der Waals surface area contributed by atoms with Crippen LogP contribution in [-0.2, 0) is 14.3 Å². The third-order valence-electron chi connectivity index (χ3n) is 2.30. The molecule has 0 bridgehead atoms. The summed E-state index contributed by atoms with van der Waals surface area (Å²) in [5, 5.41) is -0.0991. The van der Waals surface area contributed by atoms with E-state index in [-0.39, 0.29) is 17.1 Å². The Morgan fingerprint density at radius 3 is 2.71 bits per heavy atom. The molecule has 0 N–H and O–H groups in total. The Kier molecular flexibility index (Phi) is 3.80. The number of likely N-dealkylation sites (tertiary alicyclic amines) is 1. The van der Waals surface area contributed by atoms with Crippen LogP contribution in [0.1, 0.15) is 20.3 Å². The Labute approximate surface area is 89.0 Å².